The van der Waals surface area contributed by atoms with Gasteiger partial charge in [0, 0.05) is 20.1 Å². The Labute approximate surface area is 169 Å². The molecule has 7 heteroatoms. The van der Waals surface area contributed by atoms with E-state index in [2.05, 4.69) is 0 Å². The highest BCUT2D eigenvalue weighted by Crippen LogP contribution is 2.22. The average molecular weight is 398 g/mol. The summed E-state index contributed by atoms with van der Waals surface area (Å²) in [7, 11) is 1.67. The SMILES string of the molecule is Cc1oc(CN(C)C(=O)C2CCCN(C(=O)Cc3ccccc3)C2)cc1C(=O)O. The number of nitrogens with zero attached hydrogens (tertiary/aromatic N) is 2. The Bertz CT molecular complexity index is 890. The van der Waals surface area contributed by atoms with E-state index >= 15 is 0 Å². The number of amides is 2. The summed E-state index contributed by atoms with van der Waals surface area (Å²) >= 11 is 0. The molecule has 0 radical (unpaired) electrons. The molecule has 1 unspecified atom stereocenters. The van der Waals surface area contributed by atoms with Crippen molar-refractivity contribution in [2.24, 2.45) is 5.92 Å². The van der Waals surface area contributed by atoms with Crippen molar-refractivity contribution >= 4 is 17.8 Å². The fraction of sp³-hybridized carbons (Fsp3) is 0.409. The number of piperidine rings is 1. The van der Waals surface area contributed by atoms with E-state index in [1.807, 2.05) is 30.3 Å². The third-order valence-corrected chi connectivity index (χ3v) is 5.29. The van der Waals surface area contributed by atoms with Crippen molar-refractivity contribution in [3.8, 4) is 0 Å². The van der Waals surface area contributed by atoms with Crippen molar-refractivity contribution in [3.05, 3.63) is 59.0 Å². The summed E-state index contributed by atoms with van der Waals surface area (Å²) in [4.78, 5) is 40.0. The Morgan fingerprint density at radius 3 is 2.62 bits per heavy atom. The van der Waals surface area contributed by atoms with E-state index in [4.69, 9.17) is 9.52 Å². The number of carbonyl (C=O) groups excluding carboxylic acids is 2. The van der Waals surface area contributed by atoms with Gasteiger partial charge in [-0.3, -0.25) is 9.59 Å². The number of carboxylic acid groups (broad SMARTS) is 1. The van der Waals surface area contributed by atoms with Crippen molar-refractivity contribution in [3.63, 3.8) is 0 Å². The first-order valence-corrected chi connectivity index (χ1v) is 9.74. The van der Waals surface area contributed by atoms with Gasteiger partial charge >= 0.3 is 5.97 Å². The first kappa shape index (κ1) is 20.6. The third kappa shape index (κ3) is 5.04. The molecule has 7 nitrogen and oxygen atoms in total. The summed E-state index contributed by atoms with van der Waals surface area (Å²) in [5.41, 5.74) is 1.07. The molecule has 1 N–H and O–H groups in total. The minimum absolute atomic E-state index is 0.0316. The van der Waals surface area contributed by atoms with E-state index < -0.39 is 5.97 Å². The van der Waals surface area contributed by atoms with Gasteiger partial charge < -0.3 is 19.3 Å². The zero-order chi connectivity index (χ0) is 21.0. The lowest BCUT2D eigenvalue weighted by atomic mass is 9.96. The molecule has 0 aliphatic carbocycles. The topological polar surface area (TPSA) is 91.1 Å². The van der Waals surface area contributed by atoms with Crippen molar-refractivity contribution in [1.82, 2.24) is 9.80 Å². The summed E-state index contributed by atoms with van der Waals surface area (Å²) in [5, 5.41) is 9.14. The highest BCUT2D eigenvalue weighted by molar-refractivity contribution is 5.89. The molecule has 0 spiro atoms. The predicted octanol–water partition coefficient (Wildman–Crippen LogP) is 2.73. The lowest BCUT2D eigenvalue weighted by Gasteiger charge is -2.34. The molecule has 1 atom stereocenters. The zero-order valence-electron chi connectivity index (χ0n) is 16.8. The lowest BCUT2D eigenvalue weighted by molar-refractivity contribution is -0.140. The molecular formula is C22H26N2O5. The number of rotatable bonds is 6. The van der Waals surface area contributed by atoms with Crippen LogP contribution in [0.4, 0.5) is 0 Å². The molecule has 0 bridgehead atoms. The van der Waals surface area contributed by atoms with Crippen LogP contribution in [0.15, 0.2) is 40.8 Å². The van der Waals surface area contributed by atoms with E-state index in [0.717, 1.165) is 18.4 Å². The number of aromatic carboxylic acids is 1. The molecule has 2 heterocycles. The van der Waals surface area contributed by atoms with Gasteiger partial charge in [0.2, 0.25) is 11.8 Å². The Balaban J connectivity index is 1.59. The molecular weight excluding hydrogens is 372 g/mol. The van der Waals surface area contributed by atoms with Crippen molar-refractivity contribution in [2.45, 2.75) is 32.7 Å². The van der Waals surface area contributed by atoms with Crippen LogP contribution in [0, 0.1) is 12.8 Å². The average Bonchev–Trinajstić information content (AvgIpc) is 3.08. The van der Waals surface area contributed by atoms with Crippen molar-refractivity contribution in [1.29, 1.82) is 0 Å². The van der Waals surface area contributed by atoms with Gasteiger partial charge in [-0.05, 0) is 31.4 Å². The second kappa shape index (κ2) is 8.94. The Kier molecular flexibility index (Phi) is 6.36. The summed E-state index contributed by atoms with van der Waals surface area (Å²) in [6.07, 6.45) is 1.85. The normalized spacial score (nSPS) is 16.5. The maximum absolute atomic E-state index is 12.9. The molecule has 1 aliphatic heterocycles. The minimum Gasteiger partial charge on any atom is -0.478 e. The fourth-order valence-corrected chi connectivity index (χ4v) is 3.74. The standard InChI is InChI=1S/C22H26N2O5/c1-15-19(22(27)28)12-18(29-15)14-23(2)21(26)17-9-6-10-24(13-17)20(25)11-16-7-4-3-5-8-16/h3-5,7-8,12,17H,6,9-11,13-14H2,1-2H3,(H,27,28). The Morgan fingerprint density at radius 2 is 1.97 bits per heavy atom. The smallest absolute Gasteiger partial charge is 0.339 e. The minimum atomic E-state index is -1.05. The summed E-state index contributed by atoms with van der Waals surface area (Å²) in [6.45, 7) is 2.86. The highest BCUT2D eigenvalue weighted by atomic mass is 16.4. The van der Waals surface area contributed by atoms with Crippen LogP contribution in [-0.2, 0) is 22.6 Å². The van der Waals surface area contributed by atoms with E-state index in [1.54, 1.807) is 23.8 Å². The Hall–Kier alpha value is -3.09. The second-order valence-electron chi connectivity index (χ2n) is 7.52. The maximum Gasteiger partial charge on any atom is 0.339 e. The van der Waals surface area contributed by atoms with E-state index in [-0.39, 0.29) is 29.8 Å². The van der Waals surface area contributed by atoms with Crippen LogP contribution in [0.3, 0.4) is 0 Å². The molecule has 1 aliphatic rings. The van der Waals surface area contributed by atoms with Gasteiger partial charge in [-0.25, -0.2) is 4.79 Å². The van der Waals surface area contributed by atoms with E-state index in [9.17, 15) is 14.4 Å². The molecule has 29 heavy (non-hydrogen) atoms. The van der Waals surface area contributed by atoms with Gasteiger partial charge in [0.05, 0.1) is 18.9 Å². The number of aryl methyl sites for hydroxylation is 1. The summed E-state index contributed by atoms with van der Waals surface area (Å²) in [6, 6.07) is 11.0. The van der Waals surface area contributed by atoms with Crippen LogP contribution >= 0.6 is 0 Å². The molecule has 1 aromatic carbocycles. The monoisotopic (exact) mass is 398 g/mol. The lowest BCUT2D eigenvalue weighted by Crippen LogP contribution is -2.46. The molecule has 1 aromatic heterocycles. The molecule has 0 saturated carbocycles. The predicted molar refractivity (Wildman–Crippen MR) is 106 cm³/mol. The molecule has 3 rings (SSSR count). The number of carbonyl (C=O) groups is 3. The summed E-state index contributed by atoms with van der Waals surface area (Å²) in [5.74, 6) is -0.584. The first-order chi connectivity index (χ1) is 13.8. The number of carboxylic acids is 1. The number of hydrogen-bond acceptors (Lipinski definition) is 4. The van der Waals surface area contributed by atoms with Crippen molar-refractivity contribution < 1.29 is 23.9 Å². The van der Waals surface area contributed by atoms with Crippen LogP contribution in [0.2, 0.25) is 0 Å². The second-order valence-corrected chi connectivity index (χ2v) is 7.52. The van der Waals surface area contributed by atoms with Crippen LogP contribution in [0.25, 0.3) is 0 Å². The number of likely N-dealkylation sites (tertiary alicyclic amines) is 1. The molecule has 1 saturated heterocycles. The van der Waals surface area contributed by atoms with Crippen LogP contribution < -0.4 is 0 Å². The Morgan fingerprint density at radius 1 is 1.24 bits per heavy atom. The molecule has 154 valence electrons. The van der Waals surface area contributed by atoms with Crippen molar-refractivity contribution in [2.75, 3.05) is 20.1 Å². The van der Waals surface area contributed by atoms with Crippen LogP contribution in [0.5, 0.6) is 0 Å². The summed E-state index contributed by atoms with van der Waals surface area (Å²) < 4.78 is 5.47. The fourth-order valence-electron chi connectivity index (χ4n) is 3.74. The number of furan rings is 1. The molecule has 2 aromatic rings. The van der Waals surface area contributed by atoms with E-state index in [1.165, 1.54) is 6.07 Å². The van der Waals surface area contributed by atoms with Gasteiger partial charge in [-0.15, -0.1) is 0 Å². The van der Waals surface area contributed by atoms with Crippen LogP contribution in [0.1, 0.15) is 40.3 Å². The van der Waals surface area contributed by atoms with Gasteiger partial charge in [-0.1, -0.05) is 30.3 Å². The van der Waals surface area contributed by atoms with Gasteiger partial charge in [0.1, 0.15) is 17.1 Å². The molecule has 2 amide bonds. The first-order valence-electron chi connectivity index (χ1n) is 9.74. The van der Waals surface area contributed by atoms with Gasteiger partial charge in [0.15, 0.2) is 0 Å². The van der Waals surface area contributed by atoms with Gasteiger partial charge in [0.25, 0.3) is 0 Å². The third-order valence-electron chi connectivity index (χ3n) is 5.29. The highest BCUT2D eigenvalue weighted by Gasteiger charge is 2.30. The number of benzene rings is 1. The maximum atomic E-state index is 12.9. The molecule has 1 fully saturated rings. The quantitative estimate of drug-likeness (QED) is 0.808. The van der Waals surface area contributed by atoms with Crippen LogP contribution in [-0.4, -0.2) is 52.8 Å². The largest absolute Gasteiger partial charge is 0.478 e. The van der Waals surface area contributed by atoms with E-state index in [0.29, 0.717) is 31.0 Å². The zero-order valence-corrected chi connectivity index (χ0v) is 16.8. The van der Waals surface area contributed by atoms with Gasteiger partial charge in [-0.2, -0.15) is 0 Å². The number of hydrogen-bond donors (Lipinski definition) is 1.